The number of amides is 1. The fourth-order valence-electron chi connectivity index (χ4n) is 2.81. The van der Waals surface area contributed by atoms with Crippen LogP contribution in [0.4, 0.5) is 0 Å². The first-order valence-corrected chi connectivity index (χ1v) is 9.24. The first-order chi connectivity index (χ1) is 13.6. The van der Waals surface area contributed by atoms with Crippen LogP contribution in [0.2, 0.25) is 0 Å². The number of hydrogen-bond donors (Lipinski definition) is 1. The minimum Gasteiger partial charge on any atom is -0.459 e. The van der Waals surface area contributed by atoms with Gasteiger partial charge in [-0.3, -0.25) is 4.79 Å². The molecule has 3 rings (SSSR count). The minimum absolute atomic E-state index is 0.172. The van der Waals surface area contributed by atoms with Gasteiger partial charge in [0.25, 0.3) is 5.91 Å². The van der Waals surface area contributed by atoms with Gasteiger partial charge in [-0.1, -0.05) is 78.4 Å². The van der Waals surface area contributed by atoms with Crippen molar-refractivity contribution in [2.75, 3.05) is 0 Å². The first-order valence-electron chi connectivity index (χ1n) is 9.24. The van der Waals surface area contributed by atoms with Gasteiger partial charge >= 0.3 is 5.97 Å². The lowest BCUT2D eigenvalue weighted by molar-refractivity contribution is -0.147. The van der Waals surface area contributed by atoms with Gasteiger partial charge in [-0.2, -0.15) is 0 Å². The lowest BCUT2D eigenvalue weighted by Crippen LogP contribution is -2.43. The number of rotatable bonds is 7. The molecular formula is C24H23NO3. The quantitative estimate of drug-likeness (QED) is 0.635. The van der Waals surface area contributed by atoms with E-state index >= 15 is 0 Å². The van der Waals surface area contributed by atoms with Gasteiger partial charge in [0.15, 0.2) is 0 Å². The Morgan fingerprint density at radius 3 is 2.07 bits per heavy atom. The Kier molecular flexibility index (Phi) is 6.58. The van der Waals surface area contributed by atoms with E-state index < -0.39 is 12.0 Å². The van der Waals surface area contributed by atoms with Gasteiger partial charge < -0.3 is 10.1 Å². The highest BCUT2D eigenvalue weighted by molar-refractivity contribution is 5.96. The fourth-order valence-corrected chi connectivity index (χ4v) is 2.81. The molecule has 1 amide bonds. The van der Waals surface area contributed by atoms with Crippen molar-refractivity contribution in [1.29, 1.82) is 0 Å². The monoisotopic (exact) mass is 373 g/mol. The molecule has 3 aromatic rings. The number of aryl methyl sites for hydroxylation is 1. The standard InChI is InChI=1S/C24H23NO3/c1-18-12-14-20(15-13-18)17-28-24(27)22(16-19-8-4-2-5-9-19)25-23(26)21-10-6-3-7-11-21/h2-15,22H,16-17H2,1H3,(H,25,26)/t22-/m0/s1. The normalized spacial score (nSPS) is 11.5. The lowest BCUT2D eigenvalue weighted by Gasteiger charge is -2.18. The highest BCUT2D eigenvalue weighted by Gasteiger charge is 2.23. The number of carbonyl (C=O) groups excluding carboxylic acids is 2. The van der Waals surface area contributed by atoms with E-state index in [4.69, 9.17) is 4.74 Å². The molecule has 0 aliphatic heterocycles. The maximum absolute atomic E-state index is 12.7. The number of ether oxygens (including phenoxy) is 1. The van der Waals surface area contributed by atoms with Crippen molar-refractivity contribution < 1.29 is 14.3 Å². The van der Waals surface area contributed by atoms with Crippen LogP contribution in [0, 0.1) is 6.92 Å². The van der Waals surface area contributed by atoms with E-state index in [0.29, 0.717) is 12.0 Å². The first kappa shape index (κ1) is 19.4. The Bertz CT molecular complexity index is 906. The molecule has 0 unspecified atom stereocenters. The van der Waals surface area contributed by atoms with Crippen LogP contribution in [0.3, 0.4) is 0 Å². The Morgan fingerprint density at radius 1 is 0.821 bits per heavy atom. The van der Waals surface area contributed by atoms with Gasteiger partial charge in [-0.05, 0) is 30.2 Å². The summed E-state index contributed by atoms with van der Waals surface area (Å²) in [7, 11) is 0. The number of esters is 1. The molecule has 0 saturated heterocycles. The van der Waals surface area contributed by atoms with Gasteiger partial charge in [0.2, 0.25) is 0 Å². The van der Waals surface area contributed by atoms with Crippen molar-refractivity contribution in [3.8, 4) is 0 Å². The molecule has 4 heteroatoms. The molecule has 0 bridgehead atoms. The molecule has 0 saturated carbocycles. The summed E-state index contributed by atoms with van der Waals surface area (Å²) in [4.78, 5) is 25.3. The summed E-state index contributed by atoms with van der Waals surface area (Å²) in [5, 5.41) is 2.81. The molecule has 0 aliphatic carbocycles. The third kappa shape index (κ3) is 5.55. The average molecular weight is 373 g/mol. The van der Waals surface area contributed by atoms with E-state index in [1.807, 2.05) is 67.6 Å². The molecule has 0 aliphatic rings. The van der Waals surface area contributed by atoms with Crippen molar-refractivity contribution in [2.24, 2.45) is 0 Å². The van der Waals surface area contributed by atoms with Crippen LogP contribution in [0.1, 0.15) is 27.0 Å². The predicted octanol–water partition coefficient (Wildman–Crippen LogP) is 4.08. The summed E-state index contributed by atoms with van der Waals surface area (Å²) >= 11 is 0. The molecule has 0 aromatic heterocycles. The van der Waals surface area contributed by atoms with E-state index in [1.54, 1.807) is 24.3 Å². The van der Waals surface area contributed by atoms with Crippen LogP contribution in [0.15, 0.2) is 84.9 Å². The number of hydrogen-bond acceptors (Lipinski definition) is 3. The van der Waals surface area contributed by atoms with Gasteiger partial charge in [-0.15, -0.1) is 0 Å². The summed E-state index contributed by atoms with van der Waals surface area (Å²) in [6, 6.07) is 25.5. The average Bonchev–Trinajstić information content (AvgIpc) is 2.74. The molecule has 4 nitrogen and oxygen atoms in total. The Labute approximate surface area is 165 Å². The zero-order chi connectivity index (χ0) is 19.8. The van der Waals surface area contributed by atoms with Crippen LogP contribution in [0.5, 0.6) is 0 Å². The van der Waals surface area contributed by atoms with E-state index in [-0.39, 0.29) is 12.5 Å². The van der Waals surface area contributed by atoms with Crippen molar-refractivity contribution in [1.82, 2.24) is 5.32 Å². The molecule has 0 heterocycles. The van der Waals surface area contributed by atoms with E-state index in [2.05, 4.69) is 5.32 Å². The van der Waals surface area contributed by atoms with Crippen LogP contribution < -0.4 is 5.32 Å². The van der Waals surface area contributed by atoms with Gasteiger partial charge in [0.05, 0.1) is 0 Å². The van der Waals surface area contributed by atoms with Crippen molar-refractivity contribution in [3.05, 3.63) is 107 Å². The lowest BCUT2D eigenvalue weighted by atomic mass is 10.1. The van der Waals surface area contributed by atoms with E-state index in [9.17, 15) is 9.59 Å². The third-order valence-electron chi connectivity index (χ3n) is 4.41. The Morgan fingerprint density at radius 2 is 1.43 bits per heavy atom. The number of benzene rings is 3. The summed E-state index contributed by atoms with van der Waals surface area (Å²) in [5.41, 5.74) is 3.51. The van der Waals surface area contributed by atoms with Crippen LogP contribution in [0.25, 0.3) is 0 Å². The smallest absolute Gasteiger partial charge is 0.329 e. The molecule has 0 spiro atoms. The summed E-state index contributed by atoms with van der Waals surface area (Å²) in [6.07, 6.45) is 0.367. The molecule has 1 atom stereocenters. The molecule has 142 valence electrons. The largest absolute Gasteiger partial charge is 0.459 e. The molecular weight excluding hydrogens is 350 g/mol. The maximum Gasteiger partial charge on any atom is 0.329 e. The second-order valence-corrected chi connectivity index (χ2v) is 6.68. The van der Waals surface area contributed by atoms with Crippen LogP contribution in [-0.4, -0.2) is 17.9 Å². The molecule has 0 radical (unpaired) electrons. The number of nitrogens with one attached hydrogen (secondary N) is 1. The Balaban J connectivity index is 1.70. The van der Waals surface area contributed by atoms with Gasteiger partial charge in [-0.25, -0.2) is 4.79 Å². The zero-order valence-corrected chi connectivity index (χ0v) is 15.8. The highest BCUT2D eigenvalue weighted by atomic mass is 16.5. The SMILES string of the molecule is Cc1ccc(COC(=O)[C@H](Cc2ccccc2)NC(=O)c2ccccc2)cc1. The predicted molar refractivity (Wildman–Crippen MR) is 109 cm³/mol. The number of carbonyl (C=O) groups is 2. The topological polar surface area (TPSA) is 55.4 Å². The third-order valence-corrected chi connectivity index (χ3v) is 4.41. The van der Waals surface area contributed by atoms with Crippen molar-refractivity contribution >= 4 is 11.9 Å². The molecule has 1 N–H and O–H groups in total. The summed E-state index contributed by atoms with van der Waals surface area (Å²) in [5.74, 6) is -0.748. The molecule has 3 aromatic carbocycles. The second-order valence-electron chi connectivity index (χ2n) is 6.68. The van der Waals surface area contributed by atoms with Crippen LogP contribution >= 0.6 is 0 Å². The second kappa shape index (κ2) is 9.51. The minimum atomic E-state index is -0.763. The van der Waals surface area contributed by atoms with Crippen LogP contribution in [-0.2, 0) is 22.6 Å². The van der Waals surface area contributed by atoms with E-state index in [0.717, 1.165) is 16.7 Å². The van der Waals surface area contributed by atoms with Gasteiger partial charge in [0.1, 0.15) is 12.6 Å². The van der Waals surface area contributed by atoms with Crippen molar-refractivity contribution in [2.45, 2.75) is 26.0 Å². The maximum atomic E-state index is 12.7. The highest BCUT2D eigenvalue weighted by Crippen LogP contribution is 2.09. The summed E-state index contributed by atoms with van der Waals surface area (Å²) in [6.45, 7) is 2.18. The summed E-state index contributed by atoms with van der Waals surface area (Å²) < 4.78 is 5.49. The van der Waals surface area contributed by atoms with Crippen molar-refractivity contribution in [3.63, 3.8) is 0 Å². The molecule has 28 heavy (non-hydrogen) atoms. The zero-order valence-electron chi connectivity index (χ0n) is 15.8. The van der Waals surface area contributed by atoms with E-state index in [1.165, 1.54) is 0 Å². The molecule has 0 fully saturated rings. The van der Waals surface area contributed by atoms with Gasteiger partial charge in [0, 0.05) is 12.0 Å². The fraction of sp³-hybridized carbons (Fsp3) is 0.167. The Hall–Kier alpha value is -3.40.